The van der Waals surface area contributed by atoms with Gasteiger partial charge in [0.05, 0.1) is 10.7 Å². The van der Waals surface area contributed by atoms with Crippen LogP contribution in [0, 0.1) is 5.82 Å². The first-order valence-corrected chi connectivity index (χ1v) is 7.71. The molecule has 7 heteroatoms. The summed E-state index contributed by atoms with van der Waals surface area (Å²) in [4.78, 5) is 8.25. The lowest BCUT2D eigenvalue weighted by Gasteiger charge is -2.14. The topological polar surface area (TPSA) is 43.1 Å². The minimum absolute atomic E-state index is 0.179. The van der Waals surface area contributed by atoms with Crippen LogP contribution in [0.4, 0.5) is 4.39 Å². The van der Waals surface area contributed by atoms with Crippen LogP contribution in [-0.2, 0) is 6.42 Å². The molecule has 0 bridgehead atoms. The van der Waals surface area contributed by atoms with Gasteiger partial charge in [-0.3, -0.25) is 0 Å². The fourth-order valence-corrected chi connectivity index (χ4v) is 2.97. The highest BCUT2D eigenvalue weighted by atomic mass is 35.5. The molecule has 0 saturated carbocycles. The second-order valence-electron chi connectivity index (χ2n) is 4.90. The summed E-state index contributed by atoms with van der Waals surface area (Å²) in [5.74, 6) is -0.0410. The highest BCUT2D eigenvalue weighted by Gasteiger charge is 2.21. The summed E-state index contributed by atoms with van der Waals surface area (Å²) in [7, 11) is 0. The van der Waals surface area contributed by atoms with Crippen molar-refractivity contribution < 1.29 is 4.39 Å². The lowest BCUT2D eigenvalue weighted by atomic mass is 10.0. The van der Waals surface area contributed by atoms with Gasteiger partial charge in [0.25, 0.3) is 5.78 Å². The summed E-state index contributed by atoms with van der Waals surface area (Å²) in [6.45, 7) is 2.08. The molecule has 0 saturated heterocycles. The molecule has 0 fully saturated rings. The zero-order valence-electron chi connectivity index (χ0n) is 11.9. The molecule has 0 N–H and O–H groups in total. The second kappa shape index (κ2) is 6.18. The van der Waals surface area contributed by atoms with Crippen molar-refractivity contribution in [2.24, 2.45) is 0 Å². The Hall–Kier alpha value is -1.72. The maximum Gasteiger partial charge on any atom is 0.253 e. The summed E-state index contributed by atoms with van der Waals surface area (Å²) in [5, 5.41) is 4.65. The minimum atomic E-state index is -0.437. The summed E-state index contributed by atoms with van der Waals surface area (Å²) < 4.78 is 15.9. The fourth-order valence-electron chi connectivity index (χ4n) is 2.43. The first-order valence-electron chi connectivity index (χ1n) is 6.96. The third-order valence-electron chi connectivity index (χ3n) is 3.46. The van der Waals surface area contributed by atoms with Crippen molar-refractivity contribution in [3.05, 3.63) is 46.2 Å². The molecule has 0 amide bonds. The van der Waals surface area contributed by atoms with E-state index in [9.17, 15) is 4.39 Å². The van der Waals surface area contributed by atoms with Gasteiger partial charge in [-0.1, -0.05) is 42.6 Å². The van der Waals surface area contributed by atoms with Gasteiger partial charge < -0.3 is 0 Å². The highest BCUT2D eigenvalue weighted by Crippen LogP contribution is 2.37. The molecule has 22 heavy (non-hydrogen) atoms. The molecule has 2 aromatic heterocycles. The van der Waals surface area contributed by atoms with Gasteiger partial charge in [0.15, 0.2) is 0 Å². The van der Waals surface area contributed by atoms with Gasteiger partial charge in [0, 0.05) is 11.1 Å². The number of aromatic nitrogens is 4. The van der Waals surface area contributed by atoms with E-state index in [2.05, 4.69) is 22.0 Å². The Labute approximate surface area is 136 Å². The maximum atomic E-state index is 14.3. The third-order valence-corrected chi connectivity index (χ3v) is 4.05. The molecule has 0 aliphatic rings. The molecule has 3 rings (SSSR count). The molecule has 1 aromatic carbocycles. The highest BCUT2D eigenvalue weighted by molar-refractivity contribution is 6.36. The minimum Gasteiger partial charge on any atom is -0.206 e. The molecule has 3 aromatic rings. The largest absolute Gasteiger partial charge is 0.253 e. The fraction of sp³-hybridized carbons (Fsp3) is 0.267. The van der Waals surface area contributed by atoms with Gasteiger partial charge in [0.1, 0.15) is 17.3 Å². The molecule has 0 aliphatic carbocycles. The molecule has 0 spiro atoms. The first kappa shape index (κ1) is 15.2. The van der Waals surface area contributed by atoms with Crippen LogP contribution >= 0.6 is 23.2 Å². The van der Waals surface area contributed by atoms with Crippen LogP contribution in [0.3, 0.4) is 0 Å². The zero-order chi connectivity index (χ0) is 15.7. The summed E-state index contributed by atoms with van der Waals surface area (Å²) in [6, 6.07) is 4.54. The Morgan fingerprint density at radius 1 is 1.23 bits per heavy atom. The third kappa shape index (κ3) is 2.55. The van der Waals surface area contributed by atoms with Gasteiger partial charge in [-0.15, -0.1) is 0 Å². The van der Waals surface area contributed by atoms with Crippen LogP contribution in [0.15, 0.2) is 24.5 Å². The number of rotatable bonds is 4. The van der Waals surface area contributed by atoms with Gasteiger partial charge in [-0.2, -0.15) is 15.1 Å². The number of fused-ring (bicyclic) bond motifs is 1. The van der Waals surface area contributed by atoms with Crippen molar-refractivity contribution in [1.82, 2.24) is 19.6 Å². The van der Waals surface area contributed by atoms with Crippen molar-refractivity contribution >= 4 is 29.0 Å². The summed E-state index contributed by atoms with van der Waals surface area (Å²) in [6.07, 6.45) is 3.98. The number of aryl methyl sites for hydroxylation is 1. The van der Waals surface area contributed by atoms with E-state index in [0.717, 1.165) is 18.5 Å². The van der Waals surface area contributed by atoms with Crippen LogP contribution < -0.4 is 0 Å². The smallest absolute Gasteiger partial charge is 0.206 e. The Bertz CT molecular complexity index is 812. The van der Waals surface area contributed by atoms with Crippen molar-refractivity contribution in [2.45, 2.75) is 26.2 Å². The molecule has 2 heterocycles. The van der Waals surface area contributed by atoms with E-state index >= 15 is 0 Å². The number of unbranched alkanes of at least 4 members (excludes halogenated alkanes) is 1. The standard InChI is InChI=1S/C15H13Cl2FN4/c1-2-3-7-11-13(12-9(16)5-4-6-10(12)18)14(17)21-15-19-8-20-22(11)15/h4-6,8H,2-3,7H2,1H3. The average Bonchev–Trinajstić information content (AvgIpc) is 2.94. The number of hydrogen-bond acceptors (Lipinski definition) is 3. The lowest BCUT2D eigenvalue weighted by Crippen LogP contribution is -2.06. The second-order valence-corrected chi connectivity index (χ2v) is 5.66. The quantitative estimate of drug-likeness (QED) is 0.654. The predicted octanol–water partition coefficient (Wildman–Crippen LogP) is 4.58. The first-order chi connectivity index (χ1) is 10.6. The Balaban J connectivity index is 2.34. The van der Waals surface area contributed by atoms with Crippen LogP contribution in [-0.4, -0.2) is 19.6 Å². The van der Waals surface area contributed by atoms with E-state index in [1.165, 1.54) is 12.4 Å². The lowest BCUT2D eigenvalue weighted by molar-refractivity contribution is 0.630. The number of benzene rings is 1. The van der Waals surface area contributed by atoms with Gasteiger partial charge in [0.2, 0.25) is 0 Å². The summed E-state index contributed by atoms with van der Waals surface area (Å²) in [5.41, 5.74) is 1.50. The van der Waals surface area contributed by atoms with Gasteiger partial charge in [-0.05, 0) is 25.0 Å². The molecular weight excluding hydrogens is 326 g/mol. The molecule has 0 unspecified atom stereocenters. The summed E-state index contributed by atoms with van der Waals surface area (Å²) >= 11 is 12.5. The maximum absolute atomic E-state index is 14.3. The van der Waals surface area contributed by atoms with E-state index < -0.39 is 5.82 Å². The van der Waals surface area contributed by atoms with E-state index in [1.807, 2.05) is 0 Å². The van der Waals surface area contributed by atoms with Crippen molar-refractivity contribution in [3.8, 4) is 11.1 Å². The molecule has 114 valence electrons. The number of halogens is 3. The van der Waals surface area contributed by atoms with E-state index in [-0.39, 0.29) is 10.7 Å². The van der Waals surface area contributed by atoms with Crippen LogP contribution in [0.5, 0.6) is 0 Å². The molecular formula is C15H13Cl2FN4. The van der Waals surface area contributed by atoms with E-state index in [4.69, 9.17) is 23.2 Å². The van der Waals surface area contributed by atoms with Crippen molar-refractivity contribution in [3.63, 3.8) is 0 Å². The molecule has 0 aliphatic heterocycles. The SMILES string of the molecule is CCCCc1c(-c2c(F)cccc2Cl)c(Cl)nc2ncnn12. The monoisotopic (exact) mass is 338 g/mol. The predicted molar refractivity (Wildman–Crippen MR) is 84.8 cm³/mol. The van der Waals surface area contributed by atoms with Crippen molar-refractivity contribution in [2.75, 3.05) is 0 Å². The van der Waals surface area contributed by atoms with E-state index in [1.54, 1.807) is 16.6 Å². The average molecular weight is 339 g/mol. The van der Waals surface area contributed by atoms with Crippen LogP contribution in [0.2, 0.25) is 10.2 Å². The van der Waals surface area contributed by atoms with Gasteiger partial charge >= 0.3 is 0 Å². The van der Waals surface area contributed by atoms with Gasteiger partial charge in [-0.25, -0.2) is 8.91 Å². The molecule has 4 nitrogen and oxygen atoms in total. The Morgan fingerprint density at radius 3 is 2.77 bits per heavy atom. The zero-order valence-corrected chi connectivity index (χ0v) is 13.4. The molecule has 0 atom stereocenters. The Kier molecular flexibility index (Phi) is 4.27. The van der Waals surface area contributed by atoms with Crippen LogP contribution in [0.25, 0.3) is 16.9 Å². The Morgan fingerprint density at radius 2 is 2.05 bits per heavy atom. The molecule has 0 radical (unpaired) electrons. The normalized spacial score (nSPS) is 11.3. The van der Waals surface area contributed by atoms with Crippen molar-refractivity contribution in [1.29, 1.82) is 0 Å². The van der Waals surface area contributed by atoms with Crippen LogP contribution in [0.1, 0.15) is 25.5 Å². The number of hydrogen-bond donors (Lipinski definition) is 0. The number of nitrogens with zero attached hydrogens (tertiary/aromatic N) is 4. The van der Waals surface area contributed by atoms with E-state index in [0.29, 0.717) is 22.8 Å².